The highest BCUT2D eigenvalue weighted by Crippen LogP contribution is 2.43. The third kappa shape index (κ3) is 78.2. The smallest absolute Gasteiger partial charge is 0.462 e. The van der Waals surface area contributed by atoms with Crippen LogP contribution in [-0.4, -0.2) is 74.9 Å². The summed E-state index contributed by atoms with van der Waals surface area (Å²) < 4.78 is 34.8. The van der Waals surface area contributed by atoms with Gasteiger partial charge in [-0.1, -0.05) is 369 Å². The van der Waals surface area contributed by atoms with Crippen molar-refractivity contribution in [3.05, 3.63) is 85.1 Å². The van der Waals surface area contributed by atoms with Crippen LogP contribution in [0.25, 0.3) is 0 Å². The summed E-state index contributed by atoms with van der Waals surface area (Å²) in [7, 11) is 1.49. The van der Waals surface area contributed by atoms with E-state index in [1.807, 2.05) is 21.1 Å². The number of ether oxygens (including phenoxy) is 2. The van der Waals surface area contributed by atoms with Crippen molar-refractivity contribution in [2.24, 2.45) is 0 Å². The lowest BCUT2D eigenvalue weighted by atomic mass is 10.0. The first-order valence-electron chi connectivity index (χ1n) is 40.3. The van der Waals surface area contributed by atoms with Gasteiger partial charge in [0.25, 0.3) is 0 Å². The molecule has 0 spiro atoms. The molecule has 0 bridgehead atoms. The number of unbranched alkanes of at least 4 members (excludes halogenated alkanes) is 47. The Morgan fingerprint density at radius 2 is 0.606 bits per heavy atom. The van der Waals surface area contributed by atoms with Crippen LogP contribution in [-0.2, 0) is 32.7 Å². The standard InChI is InChI=1S/C84H154NO8P/c1-6-8-10-12-14-16-18-20-22-24-26-28-30-32-34-36-38-40-42-44-46-48-50-52-54-56-58-60-62-64-66-68-70-72-74-76-83(86)90-80-82(81-92-94(88,89)91-79-78-85(3,4)5)93-84(87)77-75-73-71-69-67-65-63-61-59-57-55-53-51-49-47-45-43-41-39-37-35-33-31-29-27-25-23-21-19-17-15-13-11-9-7-2/h9,11,15,17-18,20-21,23-24,26-27,29,33,35,82H,6-8,10,12-14,16,19,22,25,28,30-32,34,36-81H2,1-5H3/p+1/b11-9-,17-15-,20-18-,23-21-,26-24-,29-27-,35-33-. The molecule has 0 aromatic carbocycles. The lowest BCUT2D eigenvalue weighted by molar-refractivity contribution is -0.870. The quantitative estimate of drug-likeness (QED) is 0.0211. The third-order valence-corrected chi connectivity index (χ3v) is 18.9. The number of phosphoric ester groups is 1. The minimum Gasteiger partial charge on any atom is -0.462 e. The molecular formula is C84H155NO8P+. The Bertz CT molecular complexity index is 1860. The van der Waals surface area contributed by atoms with Crippen molar-refractivity contribution in [2.75, 3.05) is 47.5 Å². The number of esters is 2. The fourth-order valence-corrected chi connectivity index (χ4v) is 12.5. The van der Waals surface area contributed by atoms with Crippen LogP contribution in [0.15, 0.2) is 85.1 Å². The molecule has 0 fully saturated rings. The summed E-state index contributed by atoms with van der Waals surface area (Å²) in [5.74, 6) is -0.777. The maximum absolute atomic E-state index is 12.9. The number of carbonyl (C=O) groups excluding carboxylic acids is 2. The molecule has 0 aromatic heterocycles. The summed E-state index contributed by atoms with van der Waals surface area (Å²) in [6, 6.07) is 0. The number of allylic oxidation sites excluding steroid dienone is 14. The summed E-state index contributed by atoms with van der Waals surface area (Å²) in [5.41, 5.74) is 0. The zero-order valence-electron chi connectivity index (χ0n) is 62.7. The van der Waals surface area contributed by atoms with Gasteiger partial charge in [-0.25, -0.2) is 4.57 Å². The van der Waals surface area contributed by atoms with E-state index in [0.29, 0.717) is 23.9 Å². The van der Waals surface area contributed by atoms with Gasteiger partial charge in [0.1, 0.15) is 19.8 Å². The van der Waals surface area contributed by atoms with Crippen molar-refractivity contribution in [3.63, 3.8) is 0 Å². The largest absolute Gasteiger partial charge is 0.472 e. The van der Waals surface area contributed by atoms with Crippen LogP contribution in [0, 0.1) is 0 Å². The predicted molar refractivity (Wildman–Crippen MR) is 409 cm³/mol. The van der Waals surface area contributed by atoms with Gasteiger partial charge in [-0.2, -0.15) is 0 Å². The molecular weight excluding hydrogens is 1180 g/mol. The lowest BCUT2D eigenvalue weighted by Crippen LogP contribution is -2.37. The Kier molecular flexibility index (Phi) is 72.2. The summed E-state index contributed by atoms with van der Waals surface area (Å²) in [6.45, 7) is 4.37. The molecule has 2 atom stereocenters. The highest BCUT2D eigenvalue weighted by molar-refractivity contribution is 7.47. The summed E-state index contributed by atoms with van der Waals surface area (Å²) in [5, 5.41) is 0. The number of quaternary nitrogens is 1. The number of likely N-dealkylation sites (N-methyl/N-ethyl adjacent to an activating group) is 1. The van der Waals surface area contributed by atoms with E-state index >= 15 is 0 Å². The maximum atomic E-state index is 12.9. The van der Waals surface area contributed by atoms with Gasteiger partial charge in [0.2, 0.25) is 0 Å². The van der Waals surface area contributed by atoms with Crippen molar-refractivity contribution in [2.45, 2.75) is 392 Å². The second-order valence-corrected chi connectivity index (χ2v) is 29.9. The second kappa shape index (κ2) is 74.4. The summed E-state index contributed by atoms with van der Waals surface area (Å²) in [6.07, 6.45) is 103. The van der Waals surface area contributed by atoms with Gasteiger partial charge in [-0.3, -0.25) is 18.6 Å². The Labute approximate surface area is 583 Å². The summed E-state index contributed by atoms with van der Waals surface area (Å²) >= 11 is 0. The molecule has 2 unspecified atom stereocenters. The van der Waals surface area contributed by atoms with Gasteiger partial charge < -0.3 is 18.9 Å². The number of rotatable bonds is 75. The molecule has 0 rings (SSSR count). The van der Waals surface area contributed by atoms with E-state index in [2.05, 4.69) is 98.9 Å². The van der Waals surface area contributed by atoms with Gasteiger partial charge in [-0.15, -0.1) is 0 Å². The minimum absolute atomic E-state index is 0.0325. The fraction of sp³-hybridized carbons (Fsp3) is 0.810. The first-order chi connectivity index (χ1) is 46.0. The number of hydrogen-bond donors (Lipinski definition) is 1. The van der Waals surface area contributed by atoms with Crippen molar-refractivity contribution < 1.29 is 42.1 Å². The molecule has 10 heteroatoms. The van der Waals surface area contributed by atoms with Crippen LogP contribution in [0.4, 0.5) is 0 Å². The Morgan fingerprint density at radius 3 is 0.904 bits per heavy atom. The van der Waals surface area contributed by atoms with E-state index < -0.39 is 26.5 Å². The van der Waals surface area contributed by atoms with Crippen LogP contribution in [0.5, 0.6) is 0 Å². The Balaban J connectivity index is 3.92. The Morgan fingerprint density at radius 1 is 0.340 bits per heavy atom. The topological polar surface area (TPSA) is 108 Å². The lowest BCUT2D eigenvalue weighted by Gasteiger charge is -2.24. The monoisotopic (exact) mass is 1340 g/mol. The van der Waals surface area contributed by atoms with Crippen LogP contribution < -0.4 is 0 Å². The normalized spacial score (nSPS) is 13.5. The van der Waals surface area contributed by atoms with E-state index in [0.717, 1.165) is 70.6 Å². The van der Waals surface area contributed by atoms with E-state index in [1.54, 1.807) is 0 Å². The summed E-state index contributed by atoms with van der Waals surface area (Å²) in [4.78, 5) is 36.0. The van der Waals surface area contributed by atoms with Gasteiger partial charge in [0.05, 0.1) is 27.7 Å². The van der Waals surface area contributed by atoms with Crippen molar-refractivity contribution in [3.8, 4) is 0 Å². The first-order valence-corrected chi connectivity index (χ1v) is 41.8. The number of phosphoric acid groups is 1. The van der Waals surface area contributed by atoms with Crippen molar-refractivity contribution in [1.29, 1.82) is 0 Å². The molecule has 0 radical (unpaired) electrons. The molecule has 0 saturated carbocycles. The second-order valence-electron chi connectivity index (χ2n) is 28.4. The van der Waals surface area contributed by atoms with Crippen molar-refractivity contribution >= 4 is 19.8 Å². The molecule has 0 aliphatic heterocycles. The number of nitrogens with zero attached hydrogens (tertiary/aromatic N) is 1. The molecule has 0 heterocycles. The average Bonchev–Trinajstić information content (AvgIpc) is 1.68. The molecule has 1 N–H and O–H groups in total. The predicted octanol–water partition coefficient (Wildman–Crippen LogP) is 26.8. The van der Waals surface area contributed by atoms with Gasteiger partial charge in [-0.05, 0) is 89.9 Å². The highest BCUT2D eigenvalue weighted by atomic mass is 31.2. The van der Waals surface area contributed by atoms with Gasteiger partial charge in [0, 0.05) is 12.8 Å². The molecule has 0 aromatic rings. The van der Waals surface area contributed by atoms with Crippen molar-refractivity contribution in [1.82, 2.24) is 0 Å². The van der Waals surface area contributed by atoms with E-state index in [4.69, 9.17) is 18.5 Å². The third-order valence-electron chi connectivity index (χ3n) is 17.9. The van der Waals surface area contributed by atoms with Crippen LogP contribution in [0.3, 0.4) is 0 Å². The van der Waals surface area contributed by atoms with Crippen LogP contribution >= 0.6 is 7.82 Å². The van der Waals surface area contributed by atoms with E-state index in [1.165, 1.54) is 283 Å². The SMILES string of the molecule is CC/C=C\C/C=C\C/C=C\C/C=C\C/C=C\CCCCCCCCCCCCCCCCCCCCCC(=O)OC(COC(=O)CCCCCCCCCCCCCCCCCCCCCCCCC/C=C\C/C=C\CCCCCCC)COP(=O)(O)OCC[N+](C)(C)C. The molecule has 0 aliphatic carbocycles. The molecule has 0 amide bonds. The molecule has 94 heavy (non-hydrogen) atoms. The molecule has 548 valence electrons. The highest BCUT2D eigenvalue weighted by Gasteiger charge is 2.27. The van der Waals surface area contributed by atoms with Gasteiger partial charge in [0.15, 0.2) is 6.10 Å². The zero-order chi connectivity index (χ0) is 68.3. The number of carbonyl (C=O) groups is 2. The molecule has 0 aliphatic rings. The molecule has 9 nitrogen and oxygen atoms in total. The number of hydrogen-bond acceptors (Lipinski definition) is 7. The van der Waals surface area contributed by atoms with Crippen LogP contribution in [0.1, 0.15) is 386 Å². The fourth-order valence-electron chi connectivity index (χ4n) is 11.8. The zero-order valence-corrected chi connectivity index (χ0v) is 63.6. The van der Waals surface area contributed by atoms with Gasteiger partial charge >= 0.3 is 19.8 Å². The maximum Gasteiger partial charge on any atom is 0.472 e. The minimum atomic E-state index is -4.40. The van der Waals surface area contributed by atoms with E-state index in [9.17, 15) is 19.0 Å². The van der Waals surface area contributed by atoms with Crippen LogP contribution in [0.2, 0.25) is 0 Å². The Hall–Kier alpha value is -2.81. The average molecular weight is 1340 g/mol. The van der Waals surface area contributed by atoms with E-state index in [-0.39, 0.29) is 25.6 Å². The molecule has 0 saturated heterocycles. The first kappa shape index (κ1) is 91.2.